The van der Waals surface area contributed by atoms with Crippen molar-refractivity contribution in [2.45, 2.75) is 35.7 Å². The molecule has 6 rings (SSSR count). The molecule has 2 aromatic rings. The van der Waals surface area contributed by atoms with Crippen LogP contribution in [0.2, 0.25) is 0 Å². The molecule has 6 atom stereocenters. The Hall–Kier alpha value is -1.93. The van der Waals surface area contributed by atoms with E-state index in [1.54, 1.807) is 7.11 Å². The predicted octanol–water partition coefficient (Wildman–Crippen LogP) is 3.74. The quantitative estimate of drug-likeness (QED) is 0.802. The van der Waals surface area contributed by atoms with E-state index in [-0.39, 0.29) is 11.8 Å². The van der Waals surface area contributed by atoms with Crippen molar-refractivity contribution in [1.82, 2.24) is 0 Å². The Morgan fingerprint density at radius 3 is 2.35 bits per heavy atom. The van der Waals surface area contributed by atoms with Gasteiger partial charge in [0.25, 0.3) is 0 Å². The Morgan fingerprint density at radius 1 is 0.957 bits per heavy atom. The summed E-state index contributed by atoms with van der Waals surface area (Å²) in [6.07, 6.45) is 1.09. The molecule has 0 radical (unpaired) electrons. The Balaban J connectivity index is 1.74. The van der Waals surface area contributed by atoms with Gasteiger partial charge in [-0.2, -0.15) is 0 Å². The topological polar surface area (TPSA) is 26.3 Å². The number of carbonyl (C=O) groups excluding carboxylic acids is 1. The van der Waals surface area contributed by atoms with Crippen molar-refractivity contribution in [3.8, 4) is 0 Å². The van der Waals surface area contributed by atoms with Gasteiger partial charge in [-0.1, -0.05) is 48.5 Å². The number of rotatable bonds is 1. The molecule has 2 fully saturated rings. The largest absolute Gasteiger partial charge is 0.369 e. The van der Waals surface area contributed by atoms with E-state index in [9.17, 15) is 4.79 Å². The lowest BCUT2D eigenvalue weighted by Gasteiger charge is -2.69. The SMILES string of the molecule is COC12C(=O)C3c4ccccc4C1C1c4ccccc4C3CC12. The molecule has 0 spiro atoms. The minimum Gasteiger partial charge on any atom is -0.369 e. The summed E-state index contributed by atoms with van der Waals surface area (Å²) in [5, 5.41) is 0. The van der Waals surface area contributed by atoms with Gasteiger partial charge in [0.1, 0.15) is 5.60 Å². The molecular formula is C21H18O2. The van der Waals surface area contributed by atoms with Gasteiger partial charge in [-0.15, -0.1) is 0 Å². The third-order valence-electron chi connectivity index (χ3n) is 7.14. The van der Waals surface area contributed by atoms with E-state index in [1.165, 1.54) is 22.3 Å². The van der Waals surface area contributed by atoms with Crippen LogP contribution >= 0.6 is 0 Å². The number of hydrogen-bond donors (Lipinski definition) is 0. The Bertz CT molecular complexity index is 870. The van der Waals surface area contributed by atoms with Crippen molar-refractivity contribution in [1.29, 1.82) is 0 Å². The second kappa shape index (κ2) is 3.76. The number of methoxy groups -OCH3 is 1. The molecule has 2 aromatic carbocycles. The van der Waals surface area contributed by atoms with Crippen molar-refractivity contribution in [3.05, 3.63) is 70.8 Å². The van der Waals surface area contributed by atoms with Crippen LogP contribution in [0.5, 0.6) is 0 Å². The summed E-state index contributed by atoms with van der Waals surface area (Å²) in [7, 11) is 1.74. The van der Waals surface area contributed by atoms with Gasteiger partial charge in [-0.3, -0.25) is 4.79 Å². The molecule has 0 N–H and O–H groups in total. The predicted molar refractivity (Wildman–Crippen MR) is 86.7 cm³/mol. The zero-order valence-electron chi connectivity index (χ0n) is 13.0. The lowest BCUT2D eigenvalue weighted by Crippen LogP contribution is -2.72. The molecule has 2 nitrogen and oxygen atoms in total. The molecule has 0 heterocycles. The molecule has 4 aliphatic carbocycles. The summed E-state index contributed by atoms with van der Waals surface area (Å²) in [6.45, 7) is 0. The van der Waals surface area contributed by atoms with E-state index in [4.69, 9.17) is 4.74 Å². The minimum absolute atomic E-state index is 0.0268. The summed E-state index contributed by atoms with van der Waals surface area (Å²) in [4.78, 5) is 13.4. The number of fused-ring (bicyclic) bond motifs is 10. The molecule has 4 bridgehead atoms. The van der Waals surface area contributed by atoms with Crippen LogP contribution in [0, 0.1) is 5.92 Å². The second-order valence-electron chi connectivity index (χ2n) is 7.55. The molecule has 0 aromatic heterocycles. The van der Waals surface area contributed by atoms with Crippen LogP contribution < -0.4 is 0 Å². The van der Waals surface area contributed by atoms with Gasteiger partial charge in [-0.25, -0.2) is 0 Å². The van der Waals surface area contributed by atoms with Crippen LogP contribution in [0.1, 0.15) is 52.3 Å². The molecule has 23 heavy (non-hydrogen) atoms. The van der Waals surface area contributed by atoms with Gasteiger partial charge >= 0.3 is 0 Å². The van der Waals surface area contributed by atoms with Gasteiger partial charge in [0, 0.05) is 24.9 Å². The first kappa shape index (κ1) is 12.5. The first-order chi connectivity index (χ1) is 11.3. The van der Waals surface area contributed by atoms with E-state index in [0.29, 0.717) is 23.5 Å². The lowest BCUT2D eigenvalue weighted by atomic mass is 9.35. The maximum atomic E-state index is 13.4. The summed E-state index contributed by atoms with van der Waals surface area (Å²) in [6, 6.07) is 17.4. The monoisotopic (exact) mass is 302 g/mol. The number of ketones is 1. The van der Waals surface area contributed by atoms with Crippen LogP contribution in [0.4, 0.5) is 0 Å². The average Bonchev–Trinajstić information content (AvgIpc) is 2.55. The summed E-state index contributed by atoms with van der Waals surface area (Å²) in [5.41, 5.74) is 4.94. The molecule has 0 aliphatic heterocycles. The zero-order valence-corrected chi connectivity index (χ0v) is 13.0. The van der Waals surface area contributed by atoms with Gasteiger partial charge < -0.3 is 4.74 Å². The molecular weight excluding hydrogens is 284 g/mol. The van der Waals surface area contributed by atoms with E-state index < -0.39 is 5.60 Å². The smallest absolute Gasteiger partial charge is 0.173 e. The number of ether oxygens (including phenoxy) is 1. The Morgan fingerprint density at radius 2 is 1.61 bits per heavy atom. The van der Waals surface area contributed by atoms with E-state index in [2.05, 4.69) is 48.5 Å². The Labute approximate surface area is 135 Å². The van der Waals surface area contributed by atoms with Crippen molar-refractivity contribution in [2.75, 3.05) is 7.11 Å². The summed E-state index contributed by atoms with van der Waals surface area (Å²) >= 11 is 0. The summed E-state index contributed by atoms with van der Waals surface area (Å²) < 4.78 is 6.00. The highest BCUT2D eigenvalue weighted by Gasteiger charge is 2.75. The third kappa shape index (κ3) is 1.10. The second-order valence-corrected chi connectivity index (χ2v) is 7.55. The first-order valence-electron chi connectivity index (χ1n) is 8.56. The van der Waals surface area contributed by atoms with Crippen LogP contribution in [0.15, 0.2) is 48.5 Å². The Kier molecular flexibility index (Phi) is 2.04. The van der Waals surface area contributed by atoms with Crippen LogP contribution in [0.25, 0.3) is 0 Å². The minimum atomic E-state index is -0.562. The van der Waals surface area contributed by atoms with Crippen LogP contribution in [-0.2, 0) is 9.53 Å². The first-order valence-corrected chi connectivity index (χ1v) is 8.56. The number of benzene rings is 2. The zero-order chi connectivity index (χ0) is 15.3. The van der Waals surface area contributed by atoms with Crippen molar-refractivity contribution >= 4 is 5.78 Å². The van der Waals surface area contributed by atoms with Crippen molar-refractivity contribution in [2.24, 2.45) is 5.92 Å². The molecule has 4 aliphatic rings. The van der Waals surface area contributed by atoms with E-state index in [0.717, 1.165) is 6.42 Å². The van der Waals surface area contributed by atoms with Crippen molar-refractivity contribution < 1.29 is 9.53 Å². The number of hydrogen-bond acceptors (Lipinski definition) is 2. The van der Waals surface area contributed by atoms with Crippen molar-refractivity contribution in [3.63, 3.8) is 0 Å². The average molecular weight is 302 g/mol. The third-order valence-corrected chi connectivity index (χ3v) is 7.14. The number of Topliss-reactive ketones (excluding diaryl/α,β-unsaturated/α-hetero) is 1. The summed E-state index contributed by atoms with van der Waals surface area (Å²) in [5.74, 6) is 1.63. The fraction of sp³-hybridized carbons (Fsp3) is 0.381. The normalized spacial score (nSPS) is 41.1. The van der Waals surface area contributed by atoms with E-state index >= 15 is 0 Å². The lowest BCUT2D eigenvalue weighted by molar-refractivity contribution is -0.200. The van der Waals surface area contributed by atoms with Gasteiger partial charge in [0.2, 0.25) is 0 Å². The highest BCUT2D eigenvalue weighted by molar-refractivity contribution is 6.01. The van der Waals surface area contributed by atoms with Gasteiger partial charge in [0.05, 0.1) is 5.92 Å². The molecule has 114 valence electrons. The maximum Gasteiger partial charge on any atom is 0.173 e. The fourth-order valence-electron chi connectivity index (χ4n) is 6.46. The van der Waals surface area contributed by atoms with E-state index in [1.807, 2.05) is 0 Å². The standard InChI is InChI=1S/C21H18O2/c1-23-21-16-10-15-11-6-2-3-7-12(11)18(16)19(21)14-9-5-4-8-13(14)17(15)20(21)22/h2-9,15-19H,10H2,1H3. The van der Waals surface area contributed by atoms with Gasteiger partial charge in [0.15, 0.2) is 5.78 Å². The highest BCUT2D eigenvalue weighted by atomic mass is 16.5. The van der Waals surface area contributed by atoms with Crippen LogP contribution in [-0.4, -0.2) is 18.5 Å². The molecule has 2 saturated carbocycles. The maximum absolute atomic E-state index is 13.4. The molecule has 0 saturated heterocycles. The number of carbonyl (C=O) groups is 1. The molecule has 6 unspecified atom stereocenters. The fourth-order valence-corrected chi connectivity index (χ4v) is 6.46. The highest BCUT2D eigenvalue weighted by Crippen LogP contribution is 2.75. The molecule has 0 amide bonds. The molecule has 2 heteroatoms. The van der Waals surface area contributed by atoms with Gasteiger partial charge in [-0.05, 0) is 34.6 Å². The van der Waals surface area contributed by atoms with Crippen LogP contribution in [0.3, 0.4) is 0 Å².